The van der Waals surface area contributed by atoms with Crippen LogP contribution in [0.25, 0.3) is 0 Å². The third kappa shape index (κ3) is 4.59. The second kappa shape index (κ2) is 8.81. The molecule has 0 unspecified atom stereocenters. The molecule has 0 amide bonds. The van der Waals surface area contributed by atoms with E-state index in [0.29, 0.717) is 0 Å². The maximum absolute atomic E-state index is 6.59. The van der Waals surface area contributed by atoms with Crippen LogP contribution in [0.5, 0.6) is 11.5 Å². The summed E-state index contributed by atoms with van der Waals surface area (Å²) in [5.41, 5.74) is 2.03. The molecule has 0 N–H and O–H groups in total. The molecule has 0 saturated carbocycles. The Labute approximate surface area is 172 Å². The zero-order valence-corrected chi connectivity index (χ0v) is 17.2. The standard InChI is InChI=1S/C25H23NO2P/c1-29(27-24-18-10-4-11-19-24,28-25-20-12-5-13-21-25)26(22-14-6-2-7-15-22)23-16-8-3-9-17-23/h2-21H,1H3/q+1. The predicted octanol–water partition coefficient (Wildman–Crippen LogP) is 7.38. The topological polar surface area (TPSA) is 21.7 Å². The van der Waals surface area contributed by atoms with E-state index in [2.05, 4.69) is 28.9 Å². The fraction of sp³-hybridized carbons (Fsp3) is 0.0400. The van der Waals surface area contributed by atoms with E-state index in [0.717, 1.165) is 22.9 Å². The molecule has 0 aliphatic rings. The van der Waals surface area contributed by atoms with Gasteiger partial charge in [-0.05, 0) is 48.5 Å². The van der Waals surface area contributed by atoms with Gasteiger partial charge in [-0.2, -0.15) is 4.67 Å². The molecular weight excluding hydrogens is 377 g/mol. The first-order chi connectivity index (χ1) is 14.2. The Balaban J connectivity index is 1.83. The van der Waals surface area contributed by atoms with Crippen molar-refractivity contribution in [1.29, 1.82) is 0 Å². The van der Waals surface area contributed by atoms with E-state index < -0.39 is 7.87 Å². The molecule has 144 valence electrons. The molecule has 4 heteroatoms. The first-order valence-electron chi connectivity index (χ1n) is 9.51. The van der Waals surface area contributed by atoms with Crippen molar-refractivity contribution in [3.8, 4) is 11.5 Å². The highest BCUT2D eigenvalue weighted by Crippen LogP contribution is 2.64. The van der Waals surface area contributed by atoms with Gasteiger partial charge in [-0.1, -0.05) is 72.8 Å². The predicted molar refractivity (Wildman–Crippen MR) is 122 cm³/mol. The number of benzene rings is 4. The summed E-state index contributed by atoms with van der Waals surface area (Å²) in [5, 5.41) is 0. The van der Waals surface area contributed by atoms with Crippen molar-refractivity contribution in [1.82, 2.24) is 0 Å². The Morgan fingerprint density at radius 3 is 1.14 bits per heavy atom. The van der Waals surface area contributed by atoms with Crippen molar-refractivity contribution in [2.45, 2.75) is 0 Å². The third-order valence-corrected chi connectivity index (χ3v) is 6.69. The van der Waals surface area contributed by atoms with Crippen LogP contribution in [0.2, 0.25) is 0 Å². The average Bonchev–Trinajstić information content (AvgIpc) is 2.77. The Hall–Kier alpha value is -3.29. The van der Waals surface area contributed by atoms with Gasteiger partial charge in [0, 0.05) is 0 Å². The van der Waals surface area contributed by atoms with Crippen molar-refractivity contribution in [3.05, 3.63) is 121 Å². The molecule has 4 rings (SSSR count). The van der Waals surface area contributed by atoms with Crippen molar-refractivity contribution < 1.29 is 9.05 Å². The molecule has 0 spiro atoms. The molecule has 0 atom stereocenters. The van der Waals surface area contributed by atoms with Gasteiger partial charge in [0.2, 0.25) is 0 Å². The summed E-state index contributed by atoms with van der Waals surface area (Å²) < 4.78 is 15.4. The normalized spacial score (nSPS) is 10.9. The number of rotatable bonds is 7. The zero-order valence-electron chi connectivity index (χ0n) is 16.3. The van der Waals surface area contributed by atoms with Gasteiger partial charge in [0.15, 0.2) is 11.5 Å². The summed E-state index contributed by atoms with van der Waals surface area (Å²) in [7, 11) is -2.63. The lowest BCUT2D eigenvalue weighted by molar-refractivity contribution is 0.467. The molecule has 0 aliphatic carbocycles. The second-order valence-electron chi connectivity index (χ2n) is 6.59. The van der Waals surface area contributed by atoms with E-state index in [1.54, 1.807) is 0 Å². The molecule has 4 aromatic carbocycles. The Bertz CT molecular complexity index is 931. The fourth-order valence-corrected chi connectivity index (χ4v) is 5.49. The summed E-state index contributed by atoms with van der Waals surface area (Å²) in [6.45, 7) is 2.05. The van der Waals surface area contributed by atoms with Crippen LogP contribution in [0.3, 0.4) is 0 Å². The van der Waals surface area contributed by atoms with E-state index >= 15 is 0 Å². The molecule has 0 heterocycles. The summed E-state index contributed by atoms with van der Waals surface area (Å²) in [6, 6.07) is 40.1. The van der Waals surface area contributed by atoms with Gasteiger partial charge in [-0.25, -0.2) is 0 Å². The Morgan fingerprint density at radius 2 is 0.793 bits per heavy atom. The number of nitrogens with zero attached hydrogens (tertiary/aromatic N) is 1. The van der Waals surface area contributed by atoms with E-state index in [1.165, 1.54) is 0 Å². The van der Waals surface area contributed by atoms with Crippen molar-refractivity contribution >= 4 is 19.2 Å². The van der Waals surface area contributed by atoms with Crippen LogP contribution in [-0.4, -0.2) is 6.66 Å². The van der Waals surface area contributed by atoms with E-state index in [9.17, 15) is 0 Å². The van der Waals surface area contributed by atoms with Crippen LogP contribution in [-0.2, 0) is 0 Å². The number of para-hydroxylation sites is 4. The molecule has 4 aromatic rings. The van der Waals surface area contributed by atoms with Gasteiger partial charge in [0.1, 0.15) is 6.66 Å². The quantitative estimate of drug-likeness (QED) is 0.302. The van der Waals surface area contributed by atoms with Crippen LogP contribution in [0.4, 0.5) is 11.4 Å². The third-order valence-electron chi connectivity index (χ3n) is 4.40. The summed E-state index contributed by atoms with van der Waals surface area (Å²) in [5.74, 6) is 1.55. The summed E-state index contributed by atoms with van der Waals surface area (Å²) in [6.07, 6.45) is 0. The van der Waals surface area contributed by atoms with Crippen LogP contribution in [0.15, 0.2) is 121 Å². The SMILES string of the molecule is C[P+](Oc1ccccc1)(Oc1ccccc1)N(c1ccccc1)c1ccccc1. The number of hydrogen-bond acceptors (Lipinski definition) is 3. The largest absolute Gasteiger partial charge is 0.461 e. The Morgan fingerprint density at radius 1 is 0.483 bits per heavy atom. The minimum Gasteiger partial charge on any atom is -0.285 e. The van der Waals surface area contributed by atoms with Crippen LogP contribution >= 0.6 is 7.87 Å². The molecule has 0 saturated heterocycles. The maximum Gasteiger partial charge on any atom is 0.461 e. The van der Waals surface area contributed by atoms with Crippen molar-refractivity contribution in [3.63, 3.8) is 0 Å². The molecule has 0 bridgehead atoms. The highest BCUT2D eigenvalue weighted by atomic mass is 31.2. The Kier molecular flexibility index (Phi) is 5.79. The van der Waals surface area contributed by atoms with E-state index in [-0.39, 0.29) is 0 Å². The van der Waals surface area contributed by atoms with Crippen molar-refractivity contribution in [2.24, 2.45) is 0 Å². The van der Waals surface area contributed by atoms with Crippen LogP contribution in [0.1, 0.15) is 0 Å². The van der Waals surface area contributed by atoms with Gasteiger partial charge < -0.3 is 0 Å². The summed E-state index contributed by atoms with van der Waals surface area (Å²) in [4.78, 5) is 0. The molecular formula is C25H23NO2P+. The minimum atomic E-state index is -2.63. The smallest absolute Gasteiger partial charge is 0.285 e. The van der Waals surface area contributed by atoms with Gasteiger partial charge in [-0.3, -0.25) is 9.05 Å². The lowest BCUT2D eigenvalue weighted by Gasteiger charge is -2.32. The number of anilines is 2. The van der Waals surface area contributed by atoms with Gasteiger partial charge in [-0.15, -0.1) is 0 Å². The van der Waals surface area contributed by atoms with Gasteiger partial charge >= 0.3 is 7.87 Å². The summed E-state index contributed by atoms with van der Waals surface area (Å²) >= 11 is 0. The zero-order chi connectivity index (χ0) is 19.9. The molecule has 0 aliphatic heterocycles. The highest BCUT2D eigenvalue weighted by Gasteiger charge is 2.49. The number of hydrogen-bond donors (Lipinski definition) is 0. The van der Waals surface area contributed by atoms with E-state index in [1.807, 2.05) is 104 Å². The fourth-order valence-electron chi connectivity index (χ4n) is 3.16. The van der Waals surface area contributed by atoms with Gasteiger partial charge in [0.05, 0.1) is 11.4 Å². The molecule has 29 heavy (non-hydrogen) atoms. The van der Waals surface area contributed by atoms with Crippen molar-refractivity contribution in [2.75, 3.05) is 11.3 Å². The second-order valence-corrected chi connectivity index (χ2v) is 8.97. The lowest BCUT2D eigenvalue weighted by Crippen LogP contribution is -2.26. The minimum absolute atomic E-state index is 0.774. The van der Waals surface area contributed by atoms with Crippen LogP contribution < -0.4 is 13.7 Å². The molecule has 0 fully saturated rings. The molecule has 0 radical (unpaired) electrons. The monoisotopic (exact) mass is 400 g/mol. The molecule has 3 nitrogen and oxygen atoms in total. The van der Waals surface area contributed by atoms with E-state index in [4.69, 9.17) is 9.05 Å². The van der Waals surface area contributed by atoms with Gasteiger partial charge in [0.25, 0.3) is 0 Å². The van der Waals surface area contributed by atoms with Crippen LogP contribution in [0, 0.1) is 0 Å². The first kappa shape index (κ1) is 19.0. The lowest BCUT2D eigenvalue weighted by atomic mass is 10.3. The highest BCUT2D eigenvalue weighted by molar-refractivity contribution is 7.68. The molecule has 0 aromatic heterocycles. The average molecular weight is 400 g/mol. The maximum atomic E-state index is 6.59. The first-order valence-corrected chi connectivity index (χ1v) is 11.5.